The van der Waals surface area contributed by atoms with E-state index in [9.17, 15) is 0 Å². The van der Waals surface area contributed by atoms with Crippen LogP contribution in [0, 0.1) is 0 Å². The highest BCUT2D eigenvalue weighted by atomic mass is 16.3. The summed E-state index contributed by atoms with van der Waals surface area (Å²) in [4.78, 5) is 2.28. The second-order valence-electron chi connectivity index (χ2n) is 4.46. The van der Waals surface area contributed by atoms with Crippen LogP contribution < -0.4 is 0 Å². The van der Waals surface area contributed by atoms with Crippen LogP contribution in [-0.4, -0.2) is 29.2 Å². The fraction of sp³-hybridized carbons (Fsp3) is 0.571. The molecule has 0 spiro atoms. The van der Waals surface area contributed by atoms with Gasteiger partial charge in [-0.3, -0.25) is 4.90 Å². The van der Waals surface area contributed by atoms with Crippen LogP contribution in [0.1, 0.15) is 31.9 Å². The van der Waals surface area contributed by atoms with Gasteiger partial charge in [0.25, 0.3) is 0 Å². The Balaban J connectivity index is 2.62. The van der Waals surface area contributed by atoms with E-state index in [0.717, 1.165) is 19.5 Å². The lowest BCUT2D eigenvalue weighted by Crippen LogP contribution is -2.32. The van der Waals surface area contributed by atoms with Crippen LogP contribution in [0.15, 0.2) is 24.3 Å². The predicted molar refractivity (Wildman–Crippen MR) is 68.5 cm³/mol. The lowest BCUT2D eigenvalue weighted by molar-refractivity contribution is 0.159. The van der Waals surface area contributed by atoms with Gasteiger partial charge in [-0.2, -0.15) is 0 Å². The molecule has 0 heterocycles. The molecule has 0 unspecified atom stereocenters. The smallest absolute Gasteiger partial charge is 0.0558 e. The van der Waals surface area contributed by atoms with Gasteiger partial charge >= 0.3 is 0 Å². The highest BCUT2D eigenvalue weighted by Crippen LogP contribution is 2.10. The van der Waals surface area contributed by atoms with E-state index in [1.807, 2.05) is 0 Å². The van der Waals surface area contributed by atoms with Crippen LogP contribution in [-0.2, 0) is 13.0 Å². The Morgan fingerprint density at radius 1 is 1.12 bits per heavy atom. The molecule has 0 atom stereocenters. The van der Waals surface area contributed by atoms with Gasteiger partial charge in [-0.15, -0.1) is 0 Å². The molecule has 0 radical (unpaired) electrons. The minimum atomic E-state index is 0.227. The average Bonchev–Trinajstić information content (AvgIpc) is 2.29. The number of hydrogen-bond donors (Lipinski definition) is 1. The molecule has 1 aromatic rings. The SMILES string of the molecule is CCc1ccc(CN(CCO)C(C)C)cc1. The molecule has 1 rings (SSSR count). The summed E-state index contributed by atoms with van der Waals surface area (Å²) < 4.78 is 0. The van der Waals surface area contributed by atoms with E-state index >= 15 is 0 Å². The zero-order valence-electron chi connectivity index (χ0n) is 10.6. The lowest BCUT2D eigenvalue weighted by Gasteiger charge is -2.25. The Morgan fingerprint density at radius 2 is 1.69 bits per heavy atom. The van der Waals surface area contributed by atoms with E-state index in [1.165, 1.54) is 11.1 Å². The van der Waals surface area contributed by atoms with Crippen molar-refractivity contribution in [3.05, 3.63) is 35.4 Å². The summed E-state index contributed by atoms with van der Waals surface area (Å²) in [5.41, 5.74) is 2.70. The van der Waals surface area contributed by atoms with E-state index in [1.54, 1.807) is 0 Å². The van der Waals surface area contributed by atoms with Gasteiger partial charge in [0.1, 0.15) is 0 Å². The molecule has 0 bridgehead atoms. The molecule has 2 heteroatoms. The third kappa shape index (κ3) is 3.95. The molecule has 0 amide bonds. The molecular formula is C14H23NO. The van der Waals surface area contributed by atoms with Crippen LogP contribution in [0.25, 0.3) is 0 Å². The normalized spacial score (nSPS) is 11.4. The Labute approximate surface area is 98.9 Å². The summed E-state index contributed by atoms with van der Waals surface area (Å²) in [6.45, 7) is 8.38. The van der Waals surface area contributed by atoms with Gasteiger partial charge in [0.15, 0.2) is 0 Å². The number of benzene rings is 1. The van der Waals surface area contributed by atoms with Crippen molar-refractivity contribution in [1.82, 2.24) is 4.90 Å². The molecule has 0 aliphatic rings. The van der Waals surface area contributed by atoms with Crippen molar-refractivity contribution in [2.45, 2.75) is 39.8 Å². The molecule has 0 aromatic heterocycles. The number of rotatable bonds is 6. The highest BCUT2D eigenvalue weighted by molar-refractivity contribution is 5.22. The topological polar surface area (TPSA) is 23.5 Å². The van der Waals surface area contributed by atoms with E-state index in [4.69, 9.17) is 5.11 Å². The minimum absolute atomic E-state index is 0.227. The predicted octanol–water partition coefficient (Wildman–Crippen LogP) is 2.45. The summed E-state index contributed by atoms with van der Waals surface area (Å²) in [7, 11) is 0. The second-order valence-corrected chi connectivity index (χ2v) is 4.46. The molecule has 0 saturated heterocycles. The zero-order chi connectivity index (χ0) is 12.0. The maximum absolute atomic E-state index is 9.00. The Hall–Kier alpha value is -0.860. The lowest BCUT2D eigenvalue weighted by atomic mass is 10.1. The molecule has 0 fully saturated rings. The van der Waals surface area contributed by atoms with E-state index in [2.05, 4.69) is 49.9 Å². The summed E-state index contributed by atoms with van der Waals surface area (Å²) in [5.74, 6) is 0. The third-order valence-electron chi connectivity index (χ3n) is 2.93. The second kappa shape index (κ2) is 6.66. The number of aryl methyl sites for hydroxylation is 1. The first-order valence-electron chi connectivity index (χ1n) is 6.10. The van der Waals surface area contributed by atoms with Gasteiger partial charge in [-0.25, -0.2) is 0 Å². The van der Waals surface area contributed by atoms with Crippen LogP contribution >= 0.6 is 0 Å². The van der Waals surface area contributed by atoms with Crippen molar-refractivity contribution >= 4 is 0 Å². The van der Waals surface area contributed by atoms with Crippen LogP contribution in [0.3, 0.4) is 0 Å². The summed E-state index contributed by atoms with van der Waals surface area (Å²) >= 11 is 0. The first kappa shape index (κ1) is 13.2. The van der Waals surface area contributed by atoms with Gasteiger partial charge in [-0.05, 0) is 31.4 Å². The molecule has 2 nitrogen and oxygen atoms in total. The monoisotopic (exact) mass is 221 g/mol. The van der Waals surface area contributed by atoms with Crippen molar-refractivity contribution in [2.24, 2.45) is 0 Å². The molecule has 0 aliphatic heterocycles. The van der Waals surface area contributed by atoms with Crippen molar-refractivity contribution < 1.29 is 5.11 Å². The van der Waals surface area contributed by atoms with Crippen LogP contribution in [0.5, 0.6) is 0 Å². The van der Waals surface area contributed by atoms with E-state index in [-0.39, 0.29) is 6.61 Å². The maximum Gasteiger partial charge on any atom is 0.0558 e. The largest absolute Gasteiger partial charge is 0.395 e. The minimum Gasteiger partial charge on any atom is -0.395 e. The molecule has 0 saturated carbocycles. The molecule has 90 valence electrons. The van der Waals surface area contributed by atoms with Crippen LogP contribution in [0.2, 0.25) is 0 Å². The summed E-state index contributed by atoms with van der Waals surface area (Å²) in [6, 6.07) is 9.22. The third-order valence-corrected chi connectivity index (χ3v) is 2.93. The summed E-state index contributed by atoms with van der Waals surface area (Å²) in [5, 5.41) is 9.00. The van der Waals surface area contributed by atoms with Crippen molar-refractivity contribution in [2.75, 3.05) is 13.2 Å². The number of nitrogens with zero attached hydrogens (tertiary/aromatic N) is 1. The number of aliphatic hydroxyl groups is 1. The molecule has 1 N–H and O–H groups in total. The first-order chi connectivity index (χ1) is 7.67. The number of hydrogen-bond acceptors (Lipinski definition) is 2. The van der Waals surface area contributed by atoms with Crippen molar-refractivity contribution in [1.29, 1.82) is 0 Å². The highest BCUT2D eigenvalue weighted by Gasteiger charge is 2.08. The van der Waals surface area contributed by atoms with E-state index in [0.29, 0.717) is 6.04 Å². The Kier molecular flexibility index (Phi) is 5.50. The standard InChI is InChI=1S/C14H23NO/c1-4-13-5-7-14(8-6-13)11-15(9-10-16)12(2)3/h5-8,12,16H,4,9-11H2,1-3H3. The quantitative estimate of drug-likeness (QED) is 0.797. The van der Waals surface area contributed by atoms with Gasteiger partial charge in [0, 0.05) is 19.1 Å². The van der Waals surface area contributed by atoms with Gasteiger partial charge in [0.05, 0.1) is 6.61 Å². The number of aliphatic hydroxyl groups excluding tert-OH is 1. The van der Waals surface area contributed by atoms with Gasteiger partial charge < -0.3 is 5.11 Å². The van der Waals surface area contributed by atoms with Crippen LogP contribution in [0.4, 0.5) is 0 Å². The van der Waals surface area contributed by atoms with E-state index < -0.39 is 0 Å². The zero-order valence-corrected chi connectivity index (χ0v) is 10.6. The molecule has 0 aliphatic carbocycles. The first-order valence-corrected chi connectivity index (χ1v) is 6.10. The van der Waals surface area contributed by atoms with Gasteiger partial charge in [-0.1, -0.05) is 31.2 Å². The Bertz CT molecular complexity index is 292. The molecule has 16 heavy (non-hydrogen) atoms. The Morgan fingerprint density at radius 3 is 2.12 bits per heavy atom. The summed E-state index contributed by atoms with van der Waals surface area (Å²) in [6.07, 6.45) is 1.09. The van der Waals surface area contributed by atoms with Crippen molar-refractivity contribution in [3.63, 3.8) is 0 Å². The molecular weight excluding hydrogens is 198 g/mol. The average molecular weight is 221 g/mol. The van der Waals surface area contributed by atoms with Crippen molar-refractivity contribution in [3.8, 4) is 0 Å². The fourth-order valence-electron chi connectivity index (χ4n) is 1.76. The fourth-order valence-corrected chi connectivity index (χ4v) is 1.76. The maximum atomic E-state index is 9.00. The molecule has 1 aromatic carbocycles. The van der Waals surface area contributed by atoms with Gasteiger partial charge in [0.2, 0.25) is 0 Å².